The highest BCUT2D eigenvalue weighted by Gasteiger charge is 2.50. The van der Waals surface area contributed by atoms with Crippen molar-refractivity contribution < 1.29 is 27.6 Å². The van der Waals surface area contributed by atoms with Crippen molar-refractivity contribution in [3.8, 4) is 0 Å². The number of benzene rings is 1. The fraction of sp³-hybridized carbons (Fsp3) is 0.579. The van der Waals surface area contributed by atoms with Crippen molar-refractivity contribution in [2.45, 2.75) is 51.0 Å². The Morgan fingerprint density at radius 3 is 2.23 bits per heavy atom. The van der Waals surface area contributed by atoms with Crippen LogP contribution in [0.2, 0.25) is 0 Å². The van der Waals surface area contributed by atoms with Gasteiger partial charge in [0.25, 0.3) is 0 Å². The summed E-state index contributed by atoms with van der Waals surface area (Å²) in [5, 5.41) is 0. The monoisotopic (exact) mass is 380 g/mol. The molecule has 0 N–H and O–H groups in total. The summed E-state index contributed by atoms with van der Waals surface area (Å²) < 4.78 is 21.9. The van der Waals surface area contributed by atoms with Crippen molar-refractivity contribution in [1.29, 1.82) is 0 Å². The second-order valence-corrected chi connectivity index (χ2v) is 9.55. The third kappa shape index (κ3) is 4.06. The molecule has 1 atom stereocenters. The molecule has 0 aromatic heterocycles. The topological polar surface area (TPSA) is 71.1 Å². The van der Waals surface area contributed by atoms with Gasteiger partial charge in [-0.2, -0.15) is 0 Å². The smallest absolute Gasteiger partial charge is 0.386 e. The van der Waals surface area contributed by atoms with E-state index in [1.165, 1.54) is 12.8 Å². The van der Waals surface area contributed by atoms with Gasteiger partial charge in [-0.15, -0.1) is 0 Å². The molecular formula is C19H28O6Si. The largest absolute Gasteiger partial charge is 0.508 e. The van der Waals surface area contributed by atoms with Crippen LogP contribution >= 0.6 is 0 Å². The van der Waals surface area contributed by atoms with Crippen molar-refractivity contribution in [1.82, 2.24) is 0 Å². The average molecular weight is 381 g/mol. The first-order valence-corrected chi connectivity index (χ1v) is 10.9. The average Bonchev–Trinajstić information content (AvgIpc) is 2.96. The van der Waals surface area contributed by atoms with Gasteiger partial charge in [-0.25, -0.2) is 9.59 Å². The van der Waals surface area contributed by atoms with Gasteiger partial charge in [0, 0.05) is 21.3 Å². The number of carbonyl (C=O) groups is 2. The lowest BCUT2D eigenvalue weighted by Gasteiger charge is -2.33. The van der Waals surface area contributed by atoms with Crippen LogP contribution in [0.5, 0.6) is 0 Å². The van der Waals surface area contributed by atoms with Crippen LogP contribution in [0.3, 0.4) is 0 Å². The number of ether oxygens (including phenoxy) is 1. The first-order chi connectivity index (χ1) is 12.5. The number of carbonyl (C=O) groups excluding carboxylic acids is 2. The maximum atomic E-state index is 12.3. The highest BCUT2D eigenvalue weighted by atomic mass is 28.4. The van der Waals surface area contributed by atoms with E-state index in [0.717, 1.165) is 25.7 Å². The van der Waals surface area contributed by atoms with Crippen molar-refractivity contribution >= 4 is 20.7 Å². The Labute approximate surface area is 156 Å². The molecule has 1 heterocycles. The number of hydrogen-bond donors (Lipinski definition) is 0. The Morgan fingerprint density at radius 2 is 1.62 bits per heavy atom. The van der Waals surface area contributed by atoms with Gasteiger partial charge in [-0.3, -0.25) is 0 Å². The Morgan fingerprint density at radius 1 is 0.962 bits per heavy atom. The number of unbranched alkanes of at least 4 members (excludes halogenated alkanes) is 4. The minimum absolute atomic E-state index is 0.238. The van der Waals surface area contributed by atoms with Crippen LogP contribution in [0.4, 0.5) is 0 Å². The molecule has 1 aliphatic heterocycles. The first kappa shape index (κ1) is 20.8. The second-order valence-electron chi connectivity index (χ2n) is 6.42. The molecule has 1 aromatic carbocycles. The Hall–Kier alpha value is -1.54. The third-order valence-electron chi connectivity index (χ3n) is 4.96. The first-order valence-electron chi connectivity index (χ1n) is 9.09. The summed E-state index contributed by atoms with van der Waals surface area (Å²) >= 11 is 0. The van der Waals surface area contributed by atoms with Crippen LogP contribution in [-0.4, -0.2) is 42.1 Å². The Balaban J connectivity index is 2.39. The van der Waals surface area contributed by atoms with Crippen molar-refractivity contribution in [2.24, 2.45) is 0 Å². The lowest BCUT2D eigenvalue weighted by molar-refractivity contribution is 0.0443. The molecule has 1 aliphatic rings. The summed E-state index contributed by atoms with van der Waals surface area (Å²) in [6.45, 7) is 2.18. The fourth-order valence-corrected chi connectivity index (χ4v) is 6.13. The van der Waals surface area contributed by atoms with Gasteiger partial charge in [0.15, 0.2) is 0 Å². The van der Waals surface area contributed by atoms with Gasteiger partial charge in [-0.05, 0) is 18.1 Å². The van der Waals surface area contributed by atoms with E-state index < -0.39 is 20.7 Å². The number of hydrogen-bond acceptors (Lipinski definition) is 6. The number of fused-ring (bicyclic) bond motifs is 1. The highest BCUT2D eigenvalue weighted by molar-refractivity contribution is 6.62. The SMILES string of the molecule is CCCCCCCC(c1cccc2c1C(=O)OC2=O)[Si](OC)(OC)OC. The van der Waals surface area contributed by atoms with Crippen LogP contribution in [0.1, 0.15) is 77.3 Å². The van der Waals surface area contributed by atoms with E-state index in [1.807, 2.05) is 6.07 Å². The zero-order valence-corrected chi connectivity index (χ0v) is 17.0. The molecule has 6 nitrogen and oxygen atoms in total. The highest BCUT2D eigenvalue weighted by Crippen LogP contribution is 2.38. The molecular weight excluding hydrogens is 352 g/mol. The number of cyclic esters (lactones) is 2. The molecule has 144 valence electrons. The van der Waals surface area contributed by atoms with Gasteiger partial charge < -0.3 is 18.0 Å². The number of rotatable bonds is 11. The van der Waals surface area contributed by atoms with E-state index >= 15 is 0 Å². The minimum atomic E-state index is -3.07. The van der Waals surface area contributed by atoms with Crippen LogP contribution in [0.15, 0.2) is 18.2 Å². The predicted octanol–water partition coefficient (Wildman–Crippen LogP) is 3.86. The van der Waals surface area contributed by atoms with Crippen molar-refractivity contribution in [3.05, 3.63) is 34.9 Å². The molecule has 0 saturated heterocycles. The minimum Gasteiger partial charge on any atom is -0.386 e. The molecule has 1 unspecified atom stereocenters. The molecule has 0 bridgehead atoms. The van der Waals surface area contributed by atoms with E-state index in [2.05, 4.69) is 6.92 Å². The van der Waals surface area contributed by atoms with Crippen LogP contribution < -0.4 is 0 Å². The molecule has 0 spiro atoms. The molecule has 0 radical (unpaired) electrons. The third-order valence-corrected chi connectivity index (χ3v) is 8.12. The van der Waals surface area contributed by atoms with Gasteiger partial charge in [0.1, 0.15) is 0 Å². The predicted molar refractivity (Wildman–Crippen MR) is 99.1 cm³/mol. The van der Waals surface area contributed by atoms with Crippen molar-refractivity contribution in [3.63, 3.8) is 0 Å². The maximum Gasteiger partial charge on any atom is 0.508 e. The second kappa shape index (κ2) is 9.41. The van der Waals surface area contributed by atoms with Gasteiger partial charge in [-0.1, -0.05) is 51.2 Å². The van der Waals surface area contributed by atoms with Gasteiger partial charge in [0.05, 0.1) is 16.7 Å². The number of esters is 2. The summed E-state index contributed by atoms with van der Waals surface area (Å²) in [4.78, 5) is 24.2. The summed E-state index contributed by atoms with van der Waals surface area (Å²) in [7, 11) is 1.63. The summed E-state index contributed by atoms with van der Waals surface area (Å²) in [6.07, 6.45) is 6.35. The molecule has 7 heteroatoms. The molecule has 0 saturated carbocycles. The Kier molecular flexibility index (Phi) is 7.51. The quantitative estimate of drug-likeness (QED) is 0.251. The van der Waals surface area contributed by atoms with Crippen LogP contribution in [0, 0.1) is 0 Å². The lowest BCUT2D eigenvalue weighted by Crippen LogP contribution is -2.49. The molecule has 0 fully saturated rings. The summed E-state index contributed by atoms with van der Waals surface area (Å²) in [5.74, 6) is -1.21. The molecule has 1 aromatic rings. The molecule has 2 rings (SSSR count). The zero-order valence-electron chi connectivity index (χ0n) is 16.0. The van der Waals surface area contributed by atoms with E-state index in [1.54, 1.807) is 33.5 Å². The van der Waals surface area contributed by atoms with Crippen LogP contribution in [0.25, 0.3) is 0 Å². The maximum absolute atomic E-state index is 12.3. The van der Waals surface area contributed by atoms with Gasteiger partial charge in [0.2, 0.25) is 0 Å². The van der Waals surface area contributed by atoms with Gasteiger partial charge >= 0.3 is 20.7 Å². The summed E-state index contributed by atoms with van der Waals surface area (Å²) in [5.41, 5.74) is 1.09. The van der Waals surface area contributed by atoms with E-state index in [0.29, 0.717) is 16.7 Å². The Bertz CT molecular complexity index is 633. The van der Waals surface area contributed by atoms with Crippen molar-refractivity contribution in [2.75, 3.05) is 21.3 Å². The fourth-order valence-electron chi connectivity index (χ4n) is 3.60. The van der Waals surface area contributed by atoms with Crippen LogP contribution in [-0.2, 0) is 18.0 Å². The van der Waals surface area contributed by atoms with E-state index in [-0.39, 0.29) is 5.54 Å². The standard InChI is InChI=1S/C19H28O6Si/c1-5-6-7-8-9-13-16(26(22-2,23-3)24-4)14-11-10-12-15-17(14)19(21)25-18(15)20/h10-12,16H,5-9,13H2,1-4H3. The zero-order chi connectivity index (χ0) is 19.2. The normalized spacial score (nSPS) is 15.1. The van der Waals surface area contributed by atoms with E-state index in [4.69, 9.17) is 18.0 Å². The van der Waals surface area contributed by atoms with E-state index in [9.17, 15) is 9.59 Å². The molecule has 0 amide bonds. The lowest BCUT2D eigenvalue weighted by atomic mass is 9.97. The molecule has 26 heavy (non-hydrogen) atoms. The molecule has 0 aliphatic carbocycles. The summed E-state index contributed by atoms with van der Waals surface area (Å²) in [6, 6.07) is 5.21.